The van der Waals surface area contributed by atoms with E-state index in [0.717, 1.165) is 17.1 Å². The van der Waals surface area contributed by atoms with Crippen molar-refractivity contribution in [3.8, 4) is 11.5 Å². The van der Waals surface area contributed by atoms with Crippen LogP contribution in [-0.4, -0.2) is 14.2 Å². The maximum atomic E-state index is 5.71. The second-order valence-corrected chi connectivity index (χ2v) is 3.76. The summed E-state index contributed by atoms with van der Waals surface area (Å²) in [6.07, 6.45) is 0. The molecule has 3 heteroatoms. The molecule has 0 aromatic heterocycles. The molecule has 0 heterocycles. The van der Waals surface area contributed by atoms with E-state index in [2.05, 4.69) is 13.8 Å². The van der Waals surface area contributed by atoms with Crippen molar-refractivity contribution in [3.63, 3.8) is 0 Å². The van der Waals surface area contributed by atoms with E-state index in [0.29, 0.717) is 12.5 Å². The number of nitrogens with two attached hydrogens (primary N) is 1. The van der Waals surface area contributed by atoms with Gasteiger partial charge in [0.05, 0.1) is 14.2 Å². The Kier molecular flexibility index (Phi) is 3.97. The van der Waals surface area contributed by atoms with E-state index in [1.807, 2.05) is 12.1 Å². The van der Waals surface area contributed by atoms with Crippen molar-refractivity contribution in [2.24, 2.45) is 5.73 Å². The number of hydrogen-bond acceptors (Lipinski definition) is 3. The number of ether oxygens (including phenoxy) is 2. The van der Waals surface area contributed by atoms with Crippen LogP contribution in [0.1, 0.15) is 30.9 Å². The fraction of sp³-hybridized carbons (Fsp3) is 0.500. The van der Waals surface area contributed by atoms with Crippen LogP contribution in [0.25, 0.3) is 0 Å². The Morgan fingerprint density at radius 1 is 1.13 bits per heavy atom. The summed E-state index contributed by atoms with van der Waals surface area (Å²) in [6, 6.07) is 3.96. The van der Waals surface area contributed by atoms with Gasteiger partial charge in [-0.15, -0.1) is 0 Å². The van der Waals surface area contributed by atoms with Gasteiger partial charge < -0.3 is 15.2 Å². The van der Waals surface area contributed by atoms with E-state index in [1.54, 1.807) is 14.2 Å². The van der Waals surface area contributed by atoms with Crippen LogP contribution in [0.5, 0.6) is 11.5 Å². The number of rotatable bonds is 4. The average Bonchev–Trinajstić information content (AvgIpc) is 2.26. The van der Waals surface area contributed by atoms with Crippen LogP contribution in [0.4, 0.5) is 0 Å². The van der Waals surface area contributed by atoms with Gasteiger partial charge in [0, 0.05) is 6.54 Å². The molecular formula is C12H19NO2. The quantitative estimate of drug-likeness (QED) is 0.827. The van der Waals surface area contributed by atoms with Gasteiger partial charge in [-0.05, 0) is 29.2 Å². The first-order valence-electron chi connectivity index (χ1n) is 5.08. The molecule has 0 amide bonds. The number of hydrogen-bond donors (Lipinski definition) is 1. The van der Waals surface area contributed by atoms with Gasteiger partial charge >= 0.3 is 0 Å². The molecule has 0 bridgehead atoms. The maximum absolute atomic E-state index is 5.71. The van der Waals surface area contributed by atoms with E-state index >= 15 is 0 Å². The molecule has 0 radical (unpaired) electrons. The largest absolute Gasteiger partial charge is 0.493 e. The Morgan fingerprint density at radius 2 is 1.67 bits per heavy atom. The zero-order valence-electron chi connectivity index (χ0n) is 9.83. The third-order valence-electron chi connectivity index (χ3n) is 2.49. The van der Waals surface area contributed by atoms with Crippen LogP contribution in [0, 0.1) is 0 Å². The van der Waals surface area contributed by atoms with E-state index in [9.17, 15) is 0 Å². The van der Waals surface area contributed by atoms with Crippen LogP contribution in [0.3, 0.4) is 0 Å². The molecule has 1 aromatic carbocycles. The Labute approximate surface area is 91.2 Å². The first-order valence-corrected chi connectivity index (χ1v) is 5.08. The maximum Gasteiger partial charge on any atom is 0.161 e. The normalized spacial score (nSPS) is 10.5. The van der Waals surface area contributed by atoms with Gasteiger partial charge in [-0.25, -0.2) is 0 Å². The second-order valence-electron chi connectivity index (χ2n) is 3.76. The summed E-state index contributed by atoms with van der Waals surface area (Å²) in [5.74, 6) is 1.93. The van der Waals surface area contributed by atoms with E-state index in [1.165, 1.54) is 5.56 Å². The van der Waals surface area contributed by atoms with Crippen LogP contribution in [0.15, 0.2) is 12.1 Å². The van der Waals surface area contributed by atoms with Gasteiger partial charge in [0.2, 0.25) is 0 Å². The van der Waals surface area contributed by atoms with Crippen molar-refractivity contribution in [2.75, 3.05) is 14.2 Å². The molecule has 1 aromatic rings. The lowest BCUT2D eigenvalue weighted by molar-refractivity contribution is 0.354. The molecule has 84 valence electrons. The Balaban J connectivity index is 3.27. The predicted molar refractivity (Wildman–Crippen MR) is 61.5 cm³/mol. The van der Waals surface area contributed by atoms with Crippen LogP contribution >= 0.6 is 0 Å². The zero-order valence-corrected chi connectivity index (χ0v) is 9.83. The minimum absolute atomic E-state index is 0.434. The van der Waals surface area contributed by atoms with Gasteiger partial charge in [-0.1, -0.05) is 13.8 Å². The van der Waals surface area contributed by atoms with Gasteiger partial charge in [-0.2, -0.15) is 0 Å². The molecule has 0 atom stereocenters. The molecule has 1 rings (SSSR count). The Morgan fingerprint density at radius 3 is 2.07 bits per heavy atom. The van der Waals surface area contributed by atoms with Crippen molar-refractivity contribution in [3.05, 3.63) is 23.3 Å². The van der Waals surface area contributed by atoms with Crippen molar-refractivity contribution in [1.29, 1.82) is 0 Å². The third-order valence-corrected chi connectivity index (χ3v) is 2.49. The van der Waals surface area contributed by atoms with E-state index < -0.39 is 0 Å². The molecule has 0 saturated carbocycles. The predicted octanol–water partition coefficient (Wildman–Crippen LogP) is 2.29. The van der Waals surface area contributed by atoms with Crippen molar-refractivity contribution in [1.82, 2.24) is 0 Å². The first-order chi connectivity index (χ1) is 7.13. The lowest BCUT2D eigenvalue weighted by atomic mass is 9.96. The molecule has 0 unspecified atom stereocenters. The first kappa shape index (κ1) is 11.9. The van der Waals surface area contributed by atoms with Crippen LogP contribution in [0.2, 0.25) is 0 Å². The highest BCUT2D eigenvalue weighted by molar-refractivity contribution is 5.48. The molecule has 3 nitrogen and oxygen atoms in total. The Bertz CT molecular complexity index is 335. The van der Waals surface area contributed by atoms with Gasteiger partial charge in [0.25, 0.3) is 0 Å². The topological polar surface area (TPSA) is 44.5 Å². The fourth-order valence-electron chi connectivity index (χ4n) is 1.65. The summed E-state index contributed by atoms with van der Waals surface area (Å²) in [4.78, 5) is 0. The minimum atomic E-state index is 0.434. The monoisotopic (exact) mass is 209 g/mol. The van der Waals surface area contributed by atoms with E-state index in [4.69, 9.17) is 15.2 Å². The van der Waals surface area contributed by atoms with Gasteiger partial charge in [-0.3, -0.25) is 0 Å². The van der Waals surface area contributed by atoms with Gasteiger partial charge in [0.1, 0.15) is 0 Å². The standard InChI is InChI=1S/C12H19NO2/c1-8(2)10-6-12(15-4)11(14-3)5-9(10)7-13/h5-6,8H,7,13H2,1-4H3. The lowest BCUT2D eigenvalue weighted by Crippen LogP contribution is -2.04. The van der Waals surface area contributed by atoms with Crippen molar-refractivity contribution >= 4 is 0 Å². The molecule has 15 heavy (non-hydrogen) atoms. The molecule has 0 fully saturated rings. The summed E-state index contributed by atoms with van der Waals surface area (Å²) in [6.45, 7) is 4.80. The summed E-state index contributed by atoms with van der Waals surface area (Å²) >= 11 is 0. The smallest absolute Gasteiger partial charge is 0.161 e. The Hall–Kier alpha value is -1.22. The van der Waals surface area contributed by atoms with Gasteiger partial charge in [0.15, 0.2) is 11.5 Å². The molecule has 0 spiro atoms. The van der Waals surface area contributed by atoms with E-state index in [-0.39, 0.29) is 0 Å². The van der Waals surface area contributed by atoms with Crippen molar-refractivity contribution in [2.45, 2.75) is 26.3 Å². The van der Waals surface area contributed by atoms with Crippen molar-refractivity contribution < 1.29 is 9.47 Å². The molecule has 0 aliphatic heterocycles. The molecule has 0 saturated heterocycles. The lowest BCUT2D eigenvalue weighted by Gasteiger charge is -2.16. The SMILES string of the molecule is COc1cc(CN)c(C(C)C)cc1OC. The average molecular weight is 209 g/mol. The molecule has 0 aliphatic rings. The number of benzene rings is 1. The molecular weight excluding hydrogens is 190 g/mol. The highest BCUT2D eigenvalue weighted by Crippen LogP contribution is 2.33. The highest BCUT2D eigenvalue weighted by atomic mass is 16.5. The molecule has 0 aliphatic carbocycles. The second kappa shape index (κ2) is 5.03. The van der Waals surface area contributed by atoms with Crippen LogP contribution in [-0.2, 0) is 6.54 Å². The van der Waals surface area contributed by atoms with Crippen LogP contribution < -0.4 is 15.2 Å². The zero-order chi connectivity index (χ0) is 11.4. The highest BCUT2D eigenvalue weighted by Gasteiger charge is 2.12. The summed E-state index contributed by atoms with van der Waals surface area (Å²) in [5, 5.41) is 0. The number of methoxy groups -OCH3 is 2. The summed E-state index contributed by atoms with van der Waals surface area (Å²) in [5.41, 5.74) is 8.04. The minimum Gasteiger partial charge on any atom is -0.493 e. The summed E-state index contributed by atoms with van der Waals surface area (Å²) < 4.78 is 10.5. The third kappa shape index (κ3) is 2.42. The fourth-order valence-corrected chi connectivity index (χ4v) is 1.65. The summed E-state index contributed by atoms with van der Waals surface area (Å²) in [7, 11) is 3.28. The molecule has 2 N–H and O–H groups in total.